The fraction of sp³-hybridized carbons (Fsp3) is 0.450. The van der Waals surface area contributed by atoms with Gasteiger partial charge in [-0.2, -0.15) is 0 Å². The smallest absolute Gasteiger partial charge is 0.410 e. The molecule has 0 saturated carbocycles. The summed E-state index contributed by atoms with van der Waals surface area (Å²) in [4.78, 5) is 41.1. The summed E-state index contributed by atoms with van der Waals surface area (Å²) in [6.45, 7) is 9.03. The molecule has 0 spiro atoms. The Kier molecular flexibility index (Phi) is 5.97. The number of anilines is 1. The summed E-state index contributed by atoms with van der Waals surface area (Å²) < 4.78 is 10.5. The average Bonchev–Trinajstić information content (AvgIpc) is 3.30. The fourth-order valence-electron chi connectivity index (χ4n) is 2.90. The standard InChI is InChI=1S/C20H25N3O5S/c1-13-12-15(21-17(24)14-6-5-11-27-14)29-16(13)18(25)22-7-9-23(10-8-22)19(26)28-20(2,3)4/h5-6,11-12H,7-10H2,1-4H3,(H,21,24). The van der Waals surface area contributed by atoms with Crippen LogP contribution in [0.25, 0.3) is 0 Å². The molecule has 2 aromatic rings. The molecule has 3 rings (SSSR count). The Morgan fingerprint density at radius 2 is 1.79 bits per heavy atom. The van der Waals surface area contributed by atoms with Gasteiger partial charge in [-0.1, -0.05) is 0 Å². The minimum atomic E-state index is -0.547. The Morgan fingerprint density at radius 3 is 2.38 bits per heavy atom. The van der Waals surface area contributed by atoms with Crippen LogP contribution in [0.15, 0.2) is 28.9 Å². The number of nitrogens with zero attached hydrogens (tertiary/aromatic N) is 2. The molecule has 9 heteroatoms. The first-order valence-corrected chi connectivity index (χ1v) is 10.2. The second kappa shape index (κ2) is 8.28. The zero-order chi connectivity index (χ0) is 21.2. The van der Waals surface area contributed by atoms with Crippen LogP contribution in [0.3, 0.4) is 0 Å². The van der Waals surface area contributed by atoms with Gasteiger partial charge >= 0.3 is 6.09 Å². The number of piperazine rings is 1. The van der Waals surface area contributed by atoms with Gasteiger partial charge in [0, 0.05) is 26.2 Å². The SMILES string of the molecule is Cc1cc(NC(=O)c2ccco2)sc1C(=O)N1CCN(C(=O)OC(C)(C)C)CC1. The predicted octanol–water partition coefficient (Wildman–Crippen LogP) is 3.59. The molecule has 2 aromatic heterocycles. The highest BCUT2D eigenvalue weighted by Gasteiger charge is 2.29. The third-order valence-corrected chi connectivity index (χ3v) is 5.45. The van der Waals surface area contributed by atoms with E-state index < -0.39 is 5.60 Å². The Bertz CT molecular complexity index is 890. The molecule has 1 N–H and O–H groups in total. The van der Waals surface area contributed by atoms with Crippen LogP contribution >= 0.6 is 11.3 Å². The monoisotopic (exact) mass is 419 g/mol. The largest absolute Gasteiger partial charge is 0.459 e. The van der Waals surface area contributed by atoms with Crippen molar-refractivity contribution in [3.8, 4) is 0 Å². The van der Waals surface area contributed by atoms with Gasteiger partial charge in [0.1, 0.15) is 5.60 Å². The van der Waals surface area contributed by atoms with Gasteiger partial charge in [-0.05, 0) is 51.5 Å². The molecule has 1 aliphatic heterocycles. The molecular weight excluding hydrogens is 394 g/mol. The summed E-state index contributed by atoms with van der Waals surface area (Å²) in [6.07, 6.45) is 1.07. The van der Waals surface area contributed by atoms with Crippen molar-refractivity contribution < 1.29 is 23.5 Å². The second-order valence-electron chi connectivity index (χ2n) is 7.81. The fourth-order valence-corrected chi connectivity index (χ4v) is 3.94. The highest BCUT2D eigenvalue weighted by molar-refractivity contribution is 7.18. The number of aryl methyl sites for hydroxylation is 1. The number of carbonyl (C=O) groups is 3. The summed E-state index contributed by atoms with van der Waals surface area (Å²) >= 11 is 1.23. The molecule has 3 amide bonds. The second-order valence-corrected chi connectivity index (χ2v) is 8.87. The number of hydrogen-bond acceptors (Lipinski definition) is 6. The van der Waals surface area contributed by atoms with Gasteiger partial charge in [0.15, 0.2) is 5.76 Å². The average molecular weight is 420 g/mol. The third-order valence-electron chi connectivity index (χ3n) is 4.31. The molecule has 0 unspecified atom stereocenters. The van der Waals surface area contributed by atoms with Gasteiger partial charge < -0.3 is 24.3 Å². The van der Waals surface area contributed by atoms with Crippen LogP contribution < -0.4 is 5.32 Å². The van der Waals surface area contributed by atoms with E-state index in [4.69, 9.17) is 9.15 Å². The van der Waals surface area contributed by atoms with E-state index in [0.29, 0.717) is 36.1 Å². The van der Waals surface area contributed by atoms with Crippen molar-refractivity contribution in [3.05, 3.63) is 40.7 Å². The van der Waals surface area contributed by atoms with Crippen molar-refractivity contribution in [2.45, 2.75) is 33.3 Å². The van der Waals surface area contributed by atoms with E-state index >= 15 is 0 Å². The van der Waals surface area contributed by atoms with Gasteiger partial charge in [0.25, 0.3) is 11.8 Å². The maximum atomic E-state index is 12.9. The van der Waals surface area contributed by atoms with Crippen molar-refractivity contribution in [1.29, 1.82) is 0 Å². The van der Waals surface area contributed by atoms with E-state index in [0.717, 1.165) is 5.56 Å². The summed E-state index contributed by atoms with van der Waals surface area (Å²) in [7, 11) is 0. The molecule has 0 bridgehead atoms. The van der Waals surface area contributed by atoms with Crippen molar-refractivity contribution in [3.63, 3.8) is 0 Å². The van der Waals surface area contributed by atoms with Gasteiger partial charge in [-0.25, -0.2) is 4.79 Å². The lowest BCUT2D eigenvalue weighted by atomic mass is 10.2. The van der Waals surface area contributed by atoms with E-state index in [1.807, 2.05) is 27.7 Å². The lowest BCUT2D eigenvalue weighted by molar-refractivity contribution is 0.0141. The number of nitrogens with one attached hydrogen (secondary N) is 1. The topological polar surface area (TPSA) is 92.1 Å². The zero-order valence-corrected chi connectivity index (χ0v) is 17.8. The van der Waals surface area contributed by atoms with E-state index in [1.165, 1.54) is 17.6 Å². The minimum absolute atomic E-state index is 0.102. The Balaban J connectivity index is 1.59. The normalized spacial score (nSPS) is 14.6. The van der Waals surface area contributed by atoms with Crippen LogP contribution in [0.2, 0.25) is 0 Å². The minimum Gasteiger partial charge on any atom is -0.459 e. The summed E-state index contributed by atoms with van der Waals surface area (Å²) in [5.41, 5.74) is 0.249. The molecule has 0 aliphatic carbocycles. The highest BCUT2D eigenvalue weighted by atomic mass is 32.1. The molecule has 1 aliphatic rings. The number of carbonyl (C=O) groups excluding carboxylic acids is 3. The quantitative estimate of drug-likeness (QED) is 0.821. The summed E-state index contributed by atoms with van der Waals surface area (Å²) in [5, 5.41) is 3.34. The Labute approximate surface area is 173 Å². The molecule has 3 heterocycles. The highest BCUT2D eigenvalue weighted by Crippen LogP contribution is 2.28. The van der Waals surface area contributed by atoms with Crippen LogP contribution in [0.1, 0.15) is 46.6 Å². The van der Waals surface area contributed by atoms with Crippen molar-refractivity contribution in [1.82, 2.24) is 9.80 Å². The Morgan fingerprint density at radius 1 is 1.14 bits per heavy atom. The maximum absolute atomic E-state index is 12.9. The number of amides is 3. The molecular formula is C20H25N3O5S. The number of rotatable bonds is 3. The maximum Gasteiger partial charge on any atom is 0.410 e. The zero-order valence-electron chi connectivity index (χ0n) is 17.0. The van der Waals surface area contributed by atoms with Gasteiger partial charge in [-0.3, -0.25) is 9.59 Å². The van der Waals surface area contributed by atoms with Gasteiger partial charge in [0.05, 0.1) is 16.1 Å². The first kappa shape index (κ1) is 20.9. The first-order valence-electron chi connectivity index (χ1n) is 9.36. The lowest BCUT2D eigenvalue weighted by Gasteiger charge is -2.35. The molecule has 8 nitrogen and oxygen atoms in total. The number of thiophene rings is 1. The van der Waals surface area contributed by atoms with Gasteiger partial charge in [0.2, 0.25) is 0 Å². The molecule has 29 heavy (non-hydrogen) atoms. The number of hydrogen-bond donors (Lipinski definition) is 1. The third kappa shape index (κ3) is 5.17. The molecule has 1 fully saturated rings. The van der Waals surface area contributed by atoms with Crippen molar-refractivity contribution in [2.24, 2.45) is 0 Å². The van der Waals surface area contributed by atoms with Gasteiger partial charge in [-0.15, -0.1) is 11.3 Å². The van der Waals surface area contributed by atoms with Crippen molar-refractivity contribution >= 4 is 34.2 Å². The number of furan rings is 1. The van der Waals surface area contributed by atoms with Crippen LogP contribution in [0.4, 0.5) is 9.80 Å². The van der Waals surface area contributed by atoms with Crippen LogP contribution in [0.5, 0.6) is 0 Å². The van der Waals surface area contributed by atoms with Crippen LogP contribution in [0, 0.1) is 6.92 Å². The molecule has 0 radical (unpaired) electrons. The molecule has 0 atom stereocenters. The molecule has 156 valence electrons. The van der Waals surface area contributed by atoms with E-state index in [9.17, 15) is 14.4 Å². The van der Waals surface area contributed by atoms with Crippen LogP contribution in [-0.4, -0.2) is 59.5 Å². The van der Waals surface area contributed by atoms with E-state index in [2.05, 4.69) is 5.32 Å². The summed E-state index contributed by atoms with van der Waals surface area (Å²) in [6, 6.07) is 4.99. The first-order chi connectivity index (χ1) is 13.6. The lowest BCUT2D eigenvalue weighted by Crippen LogP contribution is -2.51. The summed E-state index contributed by atoms with van der Waals surface area (Å²) in [5.74, 6) is -0.252. The molecule has 0 aromatic carbocycles. The predicted molar refractivity (Wildman–Crippen MR) is 109 cm³/mol. The van der Waals surface area contributed by atoms with Crippen molar-refractivity contribution in [2.75, 3.05) is 31.5 Å². The van der Waals surface area contributed by atoms with Crippen LogP contribution in [-0.2, 0) is 4.74 Å². The van der Waals surface area contributed by atoms with E-state index in [1.54, 1.807) is 28.0 Å². The Hall–Kier alpha value is -2.81. The molecule has 1 saturated heterocycles. The number of ether oxygens (including phenoxy) is 1. The van der Waals surface area contributed by atoms with E-state index in [-0.39, 0.29) is 23.7 Å².